The number of aromatic nitrogens is 1. The molecule has 0 radical (unpaired) electrons. The van der Waals surface area contributed by atoms with Crippen molar-refractivity contribution >= 4 is 11.7 Å². The predicted octanol–water partition coefficient (Wildman–Crippen LogP) is 3.54. The number of amides is 1. The van der Waals surface area contributed by atoms with Gasteiger partial charge in [0.15, 0.2) is 17.3 Å². The van der Waals surface area contributed by atoms with E-state index in [1.165, 1.54) is 6.26 Å². The number of carbonyl (C=O) groups excluding carboxylic acids is 1. The lowest BCUT2D eigenvalue weighted by atomic mass is 10.1. The van der Waals surface area contributed by atoms with Gasteiger partial charge in [0.2, 0.25) is 0 Å². The van der Waals surface area contributed by atoms with E-state index >= 15 is 0 Å². The molecule has 3 aromatic rings. The van der Waals surface area contributed by atoms with Crippen molar-refractivity contribution in [3.63, 3.8) is 0 Å². The maximum Gasteiger partial charge on any atom is 0.295 e. The second kappa shape index (κ2) is 7.53. The highest BCUT2D eigenvalue weighted by Gasteiger charge is 2.21. The van der Waals surface area contributed by atoms with Crippen LogP contribution in [0.4, 0.5) is 5.82 Å². The number of pyridine rings is 1. The van der Waals surface area contributed by atoms with Gasteiger partial charge >= 0.3 is 0 Å². The highest BCUT2D eigenvalue weighted by Crippen LogP contribution is 2.29. The molecule has 128 valence electrons. The number of carbonyl (C=O) groups is 1. The summed E-state index contributed by atoms with van der Waals surface area (Å²) in [5.41, 5.74) is 0.878. The zero-order valence-electron chi connectivity index (χ0n) is 14.0. The van der Waals surface area contributed by atoms with Crippen LogP contribution < -0.4 is 14.4 Å². The number of nitrogens with zero attached hydrogens (tertiary/aromatic N) is 2. The van der Waals surface area contributed by atoms with E-state index < -0.39 is 0 Å². The molecule has 0 aliphatic heterocycles. The molecular formula is C19H18N2O4. The number of hydrogen-bond acceptors (Lipinski definition) is 5. The smallest absolute Gasteiger partial charge is 0.295 e. The number of hydrogen-bond donors (Lipinski definition) is 0. The standard InChI is InChI=1S/C19H18N2O4/c1-23-15-9-8-14(12-17(15)24-2)13-21(18-7-3-4-10-20-18)19(22)16-6-5-11-25-16/h3-12H,13H2,1-2H3. The molecule has 0 fully saturated rings. The molecule has 6 heteroatoms. The Morgan fingerprint density at radius 1 is 1.08 bits per heavy atom. The molecule has 2 heterocycles. The molecule has 1 amide bonds. The molecule has 0 aliphatic rings. The monoisotopic (exact) mass is 338 g/mol. The first-order valence-electron chi connectivity index (χ1n) is 7.70. The van der Waals surface area contributed by atoms with Crippen molar-refractivity contribution < 1.29 is 18.7 Å². The minimum Gasteiger partial charge on any atom is -0.493 e. The fourth-order valence-electron chi connectivity index (χ4n) is 2.47. The zero-order valence-corrected chi connectivity index (χ0v) is 14.0. The van der Waals surface area contributed by atoms with Gasteiger partial charge in [-0.2, -0.15) is 0 Å². The van der Waals surface area contributed by atoms with Gasteiger partial charge in [-0.15, -0.1) is 0 Å². The van der Waals surface area contributed by atoms with Gasteiger partial charge in [0.05, 0.1) is 27.0 Å². The normalized spacial score (nSPS) is 10.3. The van der Waals surface area contributed by atoms with Crippen LogP contribution >= 0.6 is 0 Å². The van der Waals surface area contributed by atoms with Gasteiger partial charge in [-0.25, -0.2) is 4.98 Å². The number of furan rings is 1. The van der Waals surface area contributed by atoms with Crippen LogP contribution in [0.15, 0.2) is 65.4 Å². The van der Waals surface area contributed by atoms with E-state index in [0.717, 1.165) is 5.56 Å². The Labute approximate surface area is 145 Å². The Bertz CT molecular complexity index is 832. The van der Waals surface area contributed by atoms with Crippen molar-refractivity contribution in [1.29, 1.82) is 0 Å². The maximum absolute atomic E-state index is 12.8. The second-order valence-corrected chi connectivity index (χ2v) is 5.25. The molecule has 0 atom stereocenters. The first-order chi connectivity index (χ1) is 12.2. The SMILES string of the molecule is COc1ccc(CN(C(=O)c2ccco2)c2ccccn2)cc1OC. The Balaban J connectivity index is 1.94. The van der Waals surface area contributed by atoms with E-state index in [1.807, 2.05) is 24.3 Å². The molecular weight excluding hydrogens is 320 g/mol. The molecule has 0 saturated carbocycles. The third kappa shape index (κ3) is 3.63. The van der Waals surface area contributed by atoms with Crippen molar-refractivity contribution in [2.75, 3.05) is 19.1 Å². The molecule has 3 rings (SSSR count). The Hall–Kier alpha value is -3.28. The first-order valence-corrected chi connectivity index (χ1v) is 7.70. The number of rotatable bonds is 6. The molecule has 2 aromatic heterocycles. The predicted molar refractivity (Wildman–Crippen MR) is 93.0 cm³/mol. The van der Waals surface area contributed by atoms with E-state index in [-0.39, 0.29) is 11.7 Å². The lowest BCUT2D eigenvalue weighted by Gasteiger charge is -2.21. The van der Waals surface area contributed by atoms with Gasteiger partial charge in [-0.3, -0.25) is 9.69 Å². The maximum atomic E-state index is 12.8. The van der Waals surface area contributed by atoms with Crippen LogP contribution in [0.3, 0.4) is 0 Å². The second-order valence-electron chi connectivity index (χ2n) is 5.25. The molecule has 0 aliphatic carbocycles. The largest absolute Gasteiger partial charge is 0.493 e. The topological polar surface area (TPSA) is 64.8 Å². The lowest BCUT2D eigenvalue weighted by molar-refractivity contribution is 0.0957. The Morgan fingerprint density at radius 3 is 2.56 bits per heavy atom. The van der Waals surface area contributed by atoms with Crippen LogP contribution in [0.5, 0.6) is 11.5 Å². The van der Waals surface area contributed by atoms with Gasteiger partial charge in [0.1, 0.15) is 5.82 Å². The van der Waals surface area contributed by atoms with Gasteiger partial charge < -0.3 is 13.9 Å². The van der Waals surface area contributed by atoms with E-state index in [9.17, 15) is 4.79 Å². The summed E-state index contributed by atoms with van der Waals surface area (Å²) in [6.07, 6.45) is 3.12. The van der Waals surface area contributed by atoms with E-state index in [2.05, 4.69) is 4.98 Å². The van der Waals surface area contributed by atoms with E-state index in [0.29, 0.717) is 23.9 Å². The van der Waals surface area contributed by atoms with Crippen molar-refractivity contribution in [1.82, 2.24) is 4.98 Å². The highest BCUT2D eigenvalue weighted by atomic mass is 16.5. The van der Waals surface area contributed by atoms with Crippen LogP contribution in [0, 0.1) is 0 Å². The lowest BCUT2D eigenvalue weighted by Crippen LogP contribution is -2.30. The Morgan fingerprint density at radius 2 is 1.92 bits per heavy atom. The van der Waals surface area contributed by atoms with Gasteiger partial charge in [-0.1, -0.05) is 12.1 Å². The molecule has 6 nitrogen and oxygen atoms in total. The summed E-state index contributed by atoms with van der Waals surface area (Å²) in [6.45, 7) is 0.316. The van der Waals surface area contributed by atoms with Crippen LogP contribution in [0.1, 0.15) is 16.1 Å². The van der Waals surface area contributed by atoms with Crippen LogP contribution in [-0.4, -0.2) is 25.1 Å². The number of methoxy groups -OCH3 is 2. The Kier molecular flexibility index (Phi) is 4.99. The van der Waals surface area contributed by atoms with Crippen molar-refractivity contribution in [3.05, 3.63) is 72.3 Å². The molecule has 0 bridgehead atoms. The van der Waals surface area contributed by atoms with Gasteiger partial charge in [-0.05, 0) is 42.0 Å². The molecule has 0 N–H and O–H groups in total. The molecule has 0 spiro atoms. The fourth-order valence-corrected chi connectivity index (χ4v) is 2.47. The third-order valence-electron chi connectivity index (χ3n) is 3.69. The number of benzene rings is 1. The average Bonchev–Trinajstić information content (AvgIpc) is 3.21. The quantitative estimate of drug-likeness (QED) is 0.688. The summed E-state index contributed by atoms with van der Waals surface area (Å²) in [5, 5.41) is 0. The van der Waals surface area contributed by atoms with Crippen molar-refractivity contribution in [2.45, 2.75) is 6.54 Å². The van der Waals surface area contributed by atoms with Crippen LogP contribution in [0.2, 0.25) is 0 Å². The molecule has 1 aromatic carbocycles. The van der Waals surface area contributed by atoms with Crippen molar-refractivity contribution in [3.8, 4) is 11.5 Å². The summed E-state index contributed by atoms with van der Waals surface area (Å²) >= 11 is 0. The molecule has 0 saturated heterocycles. The average molecular weight is 338 g/mol. The summed E-state index contributed by atoms with van der Waals surface area (Å²) in [6, 6.07) is 14.3. The minimum atomic E-state index is -0.265. The van der Waals surface area contributed by atoms with E-state index in [1.54, 1.807) is 49.6 Å². The summed E-state index contributed by atoms with van der Waals surface area (Å²) in [4.78, 5) is 18.7. The number of ether oxygens (including phenoxy) is 2. The van der Waals surface area contributed by atoms with Gasteiger partial charge in [0, 0.05) is 6.20 Å². The van der Waals surface area contributed by atoms with Crippen molar-refractivity contribution in [2.24, 2.45) is 0 Å². The summed E-state index contributed by atoms with van der Waals surface area (Å²) in [5.74, 6) is 1.77. The number of anilines is 1. The minimum absolute atomic E-state index is 0.256. The van der Waals surface area contributed by atoms with Crippen LogP contribution in [0.25, 0.3) is 0 Å². The fraction of sp³-hybridized carbons (Fsp3) is 0.158. The van der Waals surface area contributed by atoms with Crippen LogP contribution in [-0.2, 0) is 6.54 Å². The summed E-state index contributed by atoms with van der Waals surface area (Å²) < 4.78 is 15.8. The molecule has 0 unspecified atom stereocenters. The highest BCUT2D eigenvalue weighted by molar-refractivity contribution is 6.03. The first kappa shape index (κ1) is 16.6. The third-order valence-corrected chi connectivity index (χ3v) is 3.69. The molecule has 25 heavy (non-hydrogen) atoms. The summed E-state index contributed by atoms with van der Waals surface area (Å²) in [7, 11) is 3.16. The van der Waals surface area contributed by atoms with Gasteiger partial charge in [0.25, 0.3) is 5.91 Å². The van der Waals surface area contributed by atoms with E-state index in [4.69, 9.17) is 13.9 Å². The zero-order chi connectivity index (χ0) is 17.6.